The maximum Gasteiger partial charge on any atom is 0.408 e. The molecule has 2 aliphatic rings. The van der Waals surface area contributed by atoms with Crippen LogP contribution in [0.4, 0.5) is 4.79 Å². The van der Waals surface area contributed by atoms with Crippen molar-refractivity contribution in [2.75, 3.05) is 26.2 Å². The molecule has 0 aliphatic carbocycles. The van der Waals surface area contributed by atoms with Gasteiger partial charge >= 0.3 is 18.0 Å². The zero-order valence-electron chi connectivity index (χ0n) is 16.5. The first-order valence-electron chi connectivity index (χ1n) is 9.44. The van der Waals surface area contributed by atoms with Gasteiger partial charge in [-0.25, -0.2) is 19.8 Å². The lowest BCUT2D eigenvalue weighted by Gasteiger charge is -2.30. The molecule has 0 aromatic carbocycles. The maximum atomic E-state index is 12.6. The highest BCUT2D eigenvalue weighted by atomic mass is 79.9. The molecule has 28 heavy (non-hydrogen) atoms. The number of carbonyl (C=O) groups is 3. The van der Waals surface area contributed by atoms with Crippen molar-refractivity contribution in [2.24, 2.45) is 0 Å². The molecular weight excluding hydrogens is 432 g/mol. The Morgan fingerprint density at radius 3 is 2.75 bits per heavy atom. The average molecular weight is 461 g/mol. The summed E-state index contributed by atoms with van der Waals surface area (Å²) < 4.78 is 11.3. The van der Waals surface area contributed by atoms with Crippen LogP contribution >= 0.6 is 15.9 Å². The van der Waals surface area contributed by atoms with Crippen LogP contribution in [0.1, 0.15) is 40.0 Å². The normalized spacial score (nSPS) is 22.0. The van der Waals surface area contributed by atoms with E-state index in [-0.39, 0.29) is 6.54 Å². The summed E-state index contributed by atoms with van der Waals surface area (Å²) in [5.74, 6) is -1.46. The van der Waals surface area contributed by atoms with Gasteiger partial charge in [-0.2, -0.15) is 0 Å². The molecule has 0 bridgehead atoms. The third-order valence-corrected chi connectivity index (χ3v) is 4.73. The van der Waals surface area contributed by atoms with Gasteiger partial charge in [-0.3, -0.25) is 10.3 Å². The van der Waals surface area contributed by atoms with Crippen LogP contribution in [0.15, 0.2) is 10.6 Å². The first-order chi connectivity index (χ1) is 13.1. The van der Waals surface area contributed by atoms with Crippen LogP contribution in [0.5, 0.6) is 0 Å². The maximum absolute atomic E-state index is 12.6. The van der Waals surface area contributed by atoms with Crippen molar-refractivity contribution in [3.63, 3.8) is 0 Å². The van der Waals surface area contributed by atoms with Crippen LogP contribution in [-0.2, 0) is 19.1 Å². The predicted octanol–water partition coefficient (Wildman–Crippen LogP) is 1.19. The predicted molar refractivity (Wildman–Crippen MR) is 106 cm³/mol. The topological polar surface area (TPSA) is 109 Å². The van der Waals surface area contributed by atoms with Crippen LogP contribution in [-0.4, -0.2) is 66.8 Å². The summed E-state index contributed by atoms with van der Waals surface area (Å²) in [6, 6.07) is -1.61. The summed E-state index contributed by atoms with van der Waals surface area (Å²) >= 11 is 3.46. The van der Waals surface area contributed by atoms with E-state index in [1.807, 2.05) is 4.90 Å². The van der Waals surface area contributed by atoms with E-state index in [9.17, 15) is 14.4 Å². The van der Waals surface area contributed by atoms with Gasteiger partial charge in [0.25, 0.3) is 0 Å². The SMILES string of the molecule is CC(C)(C)OC(=O)NC(CN1CCC=C(Br)C1)C(=O)OC(=O)C1CCCNN1. The summed E-state index contributed by atoms with van der Waals surface area (Å²) in [5.41, 5.74) is 4.98. The lowest BCUT2D eigenvalue weighted by atomic mass is 10.1. The first-order valence-corrected chi connectivity index (χ1v) is 10.2. The lowest BCUT2D eigenvalue weighted by molar-refractivity contribution is -0.163. The fourth-order valence-corrected chi connectivity index (χ4v) is 3.47. The van der Waals surface area contributed by atoms with Gasteiger partial charge in [0.15, 0.2) is 0 Å². The molecule has 1 fully saturated rings. The van der Waals surface area contributed by atoms with Gasteiger partial charge in [-0.05, 0) is 40.0 Å². The monoisotopic (exact) mass is 460 g/mol. The molecule has 3 N–H and O–H groups in total. The number of halogens is 1. The Balaban J connectivity index is 2.00. The van der Waals surface area contributed by atoms with Crippen molar-refractivity contribution in [1.29, 1.82) is 0 Å². The molecule has 10 heteroatoms. The third-order valence-electron chi connectivity index (χ3n) is 4.16. The number of alkyl carbamates (subject to hydrolysis) is 1. The van der Waals surface area contributed by atoms with Crippen molar-refractivity contribution < 1.29 is 23.9 Å². The number of carbonyl (C=O) groups excluding carboxylic acids is 3. The molecule has 2 rings (SSSR count). The van der Waals surface area contributed by atoms with Crippen molar-refractivity contribution >= 4 is 34.0 Å². The number of esters is 2. The molecule has 2 heterocycles. The van der Waals surface area contributed by atoms with Crippen molar-refractivity contribution in [2.45, 2.75) is 57.7 Å². The second kappa shape index (κ2) is 10.3. The minimum absolute atomic E-state index is 0.213. The number of ether oxygens (including phenoxy) is 2. The molecule has 1 amide bonds. The van der Waals surface area contributed by atoms with E-state index in [1.54, 1.807) is 20.8 Å². The Morgan fingerprint density at radius 1 is 1.39 bits per heavy atom. The van der Waals surface area contributed by atoms with Gasteiger partial charge in [-0.15, -0.1) is 0 Å². The Labute approximate surface area is 173 Å². The average Bonchev–Trinajstić information content (AvgIpc) is 2.60. The van der Waals surface area contributed by atoms with Gasteiger partial charge in [0, 0.05) is 30.7 Å². The van der Waals surface area contributed by atoms with E-state index in [1.165, 1.54) is 0 Å². The highest BCUT2D eigenvalue weighted by Crippen LogP contribution is 2.16. The van der Waals surface area contributed by atoms with Gasteiger partial charge < -0.3 is 14.8 Å². The van der Waals surface area contributed by atoms with Crippen LogP contribution < -0.4 is 16.2 Å². The molecule has 0 saturated carbocycles. The molecule has 2 unspecified atom stereocenters. The summed E-state index contributed by atoms with van der Waals surface area (Å²) in [4.78, 5) is 39.1. The van der Waals surface area contributed by atoms with Crippen molar-refractivity contribution in [3.05, 3.63) is 10.6 Å². The van der Waals surface area contributed by atoms with Crippen molar-refractivity contribution in [1.82, 2.24) is 21.1 Å². The first kappa shape index (κ1) is 22.8. The Hall–Kier alpha value is -1.49. The molecule has 1 saturated heterocycles. The third kappa shape index (κ3) is 7.86. The number of amides is 1. The summed E-state index contributed by atoms with van der Waals surface area (Å²) in [7, 11) is 0. The van der Waals surface area contributed by atoms with Crippen LogP contribution in [0, 0.1) is 0 Å². The molecule has 0 spiro atoms. The number of nitrogens with zero attached hydrogens (tertiary/aromatic N) is 1. The molecule has 0 aromatic heterocycles. The van der Waals surface area contributed by atoms with Crippen LogP contribution in [0.25, 0.3) is 0 Å². The Bertz CT molecular complexity index is 614. The van der Waals surface area contributed by atoms with Gasteiger partial charge in [0.05, 0.1) is 0 Å². The number of nitrogens with one attached hydrogen (secondary N) is 3. The fourth-order valence-electron chi connectivity index (χ4n) is 2.88. The molecule has 9 nitrogen and oxygen atoms in total. The van der Waals surface area contributed by atoms with Crippen molar-refractivity contribution in [3.8, 4) is 0 Å². The largest absolute Gasteiger partial charge is 0.444 e. The Kier molecular flexibility index (Phi) is 8.41. The fraction of sp³-hybridized carbons (Fsp3) is 0.722. The highest BCUT2D eigenvalue weighted by molar-refractivity contribution is 9.11. The summed E-state index contributed by atoms with van der Waals surface area (Å²) in [6.45, 7) is 7.51. The smallest absolute Gasteiger partial charge is 0.408 e. The van der Waals surface area contributed by atoms with Gasteiger partial charge in [0.1, 0.15) is 17.7 Å². The van der Waals surface area contributed by atoms with Gasteiger partial charge in [-0.1, -0.05) is 22.0 Å². The molecule has 0 radical (unpaired) electrons. The zero-order valence-corrected chi connectivity index (χ0v) is 18.1. The highest BCUT2D eigenvalue weighted by Gasteiger charge is 2.32. The van der Waals surface area contributed by atoms with E-state index in [2.05, 4.69) is 38.2 Å². The molecule has 2 atom stereocenters. The second-order valence-corrected chi connectivity index (χ2v) is 8.90. The van der Waals surface area contributed by atoms with E-state index in [0.29, 0.717) is 13.0 Å². The Morgan fingerprint density at radius 2 is 2.14 bits per heavy atom. The quantitative estimate of drug-likeness (QED) is 0.414. The lowest BCUT2D eigenvalue weighted by Crippen LogP contribution is -2.54. The summed E-state index contributed by atoms with van der Waals surface area (Å²) in [5, 5.41) is 2.54. The number of rotatable bonds is 5. The second-order valence-electron chi connectivity index (χ2n) is 7.88. The van der Waals surface area contributed by atoms with E-state index in [0.717, 1.165) is 30.4 Å². The van der Waals surface area contributed by atoms with E-state index >= 15 is 0 Å². The van der Waals surface area contributed by atoms with Gasteiger partial charge in [0.2, 0.25) is 0 Å². The van der Waals surface area contributed by atoms with Crippen LogP contribution in [0.3, 0.4) is 0 Å². The number of hydrogen-bond donors (Lipinski definition) is 3. The molecular formula is C18H29BrN4O5. The van der Waals surface area contributed by atoms with E-state index < -0.39 is 35.7 Å². The molecule has 158 valence electrons. The number of hydrogen-bond acceptors (Lipinski definition) is 8. The zero-order chi connectivity index (χ0) is 20.7. The molecule has 2 aliphatic heterocycles. The standard InChI is InChI=1S/C18H29BrN4O5/c1-18(2,3)28-17(26)21-14(11-23-9-5-6-12(19)10-23)16(25)27-15(24)13-7-4-8-20-22-13/h6,13-14,20,22H,4-5,7-11H2,1-3H3,(H,21,26). The number of hydrazine groups is 1. The molecule has 0 aromatic rings. The van der Waals surface area contributed by atoms with E-state index in [4.69, 9.17) is 9.47 Å². The minimum Gasteiger partial charge on any atom is -0.444 e. The van der Waals surface area contributed by atoms with Crippen LogP contribution in [0.2, 0.25) is 0 Å². The summed E-state index contributed by atoms with van der Waals surface area (Å²) in [6.07, 6.45) is 3.54. The minimum atomic E-state index is -1.02.